The van der Waals surface area contributed by atoms with Gasteiger partial charge in [-0.2, -0.15) is 0 Å². The minimum absolute atomic E-state index is 0.234. The van der Waals surface area contributed by atoms with Crippen LogP contribution in [0.3, 0.4) is 0 Å². The van der Waals surface area contributed by atoms with Crippen molar-refractivity contribution >= 4 is 0 Å². The van der Waals surface area contributed by atoms with Gasteiger partial charge in [-0.25, -0.2) is 4.98 Å². The van der Waals surface area contributed by atoms with E-state index in [1.165, 1.54) is 19.4 Å². The van der Waals surface area contributed by atoms with E-state index in [2.05, 4.69) is 29.0 Å². The van der Waals surface area contributed by atoms with Gasteiger partial charge in [-0.05, 0) is 39.9 Å². The summed E-state index contributed by atoms with van der Waals surface area (Å²) < 4.78 is 5.84. The average Bonchev–Trinajstić information content (AvgIpc) is 2.95. The van der Waals surface area contributed by atoms with E-state index in [1.54, 1.807) is 0 Å². The Morgan fingerprint density at radius 3 is 3.19 bits per heavy atom. The first-order chi connectivity index (χ1) is 7.76. The van der Waals surface area contributed by atoms with Crippen LogP contribution in [0.1, 0.15) is 50.4 Å². The van der Waals surface area contributed by atoms with Crippen LogP contribution in [0.15, 0.2) is 10.6 Å². The minimum Gasteiger partial charge on any atom is -0.442 e. The zero-order valence-electron chi connectivity index (χ0n) is 10.4. The lowest BCUT2D eigenvalue weighted by atomic mass is 10.2. The molecule has 1 aromatic heterocycles. The predicted molar refractivity (Wildman–Crippen MR) is 63.2 cm³/mol. The van der Waals surface area contributed by atoms with E-state index in [1.807, 2.05) is 13.2 Å². The lowest BCUT2D eigenvalue weighted by Gasteiger charge is -2.19. The topological polar surface area (TPSA) is 41.3 Å². The van der Waals surface area contributed by atoms with E-state index in [4.69, 9.17) is 4.42 Å². The predicted octanol–water partition coefficient (Wildman–Crippen LogP) is 2.11. The molecule has 2 rings (SSSR count). The summed E-state index contributed by atoms with van der Waals surface area (Å²) >= 11 is 0. The van der Waals surface area contributed by atoms with Gasteiger partial charge in [0.15, 0.2) is 0 Å². The van der Waals surface area contributed by atoms with Crippen LogP contribution in [-0.2, 0) is 0 Å². The number of rotatable bonds is 4. The van der Waals surface area contributed by atoms with Gasteiger partial charge in [-0.1, -0.05) is 6.92 Å². The van der Waals surface area contributed by atoms with Crippen molar-refractivity contribution in [1.82, 2.24) is 15.2 Å². The Hall–Kier alpha value is -0.870. The maximum absolute atomic E-state index is 5.84. The van der Waals surface area contributed by atoms with Gasteiger partial charge < -0.3 is 9.73 Å². The monoisotopic (exact) mass is 223 g/mol. The molecule has 0 radical (unpaired) electrons. The van der Waals surface area contributed by atoms with Gasteiger partial charge in [0.05, 0.1) is 18.3 Å². The van der Waals surface area contributed by atoms with Gasteiger partial charge in [0, 0.05) is 0 Å². The Labute approximate surface area is 97.0 Å². The van der Waals surface area contributed by atoms with Crippen LogP contribution in [-0.4, -0.2) is 30.0 Å². The van der Waals surface area contributed by atoms with Crippen LogP contribution in [0.25, 0.3) is 0 Å². The van der Waals surface area contributed by atoms with Crippen molar-refractivity contribution in [2.45, 2.75) is 38.8 Å². The summed E-state index contributed by atoms with van der Waals surface area (Å²) in [6, 6.07) is 0.625. The molecule has 1 aliphatic rings. The van der Waals surface area contributed by atoms with E-state index >= 15 is 0 Å². The summed E-state index contributed by atoms with van der Waals surface area (Å²) in [7, 11) is 1.93. The number of nitrogens with zero attached hydrogens (tertiary/aromatic N) is 2. The zero-order valence-corrected chi connectivity index (χ0v) is 10.4. The summed E-state index contributed by atoms with van der Waals surface area (Å²) in [6.07, 6.45) is 4.27. The minimum atomic E-state index is 0.234. The highest BCUT2D eigenvalue weighted by Crippen LogP contribution is 2.31. The maximum atomic E-state index is 5.84. The Balaban J connectivity index is 2.12. The van der Waals surface area contributed by atoms with E-state index in [-0.39, 0.29) is 6.04 Å². The standard InChI is InChI=1S/C12H21N3O/c1-4-15-7-5-6-10(15)12-14-8-11(16-12)9(2)13-3/h8-10,13H,4-7H2,1-3H3. The van der Waals surface area contributed by atoms with Crippen LogP contribution >= 0.6 is 0 Å². The van der Waals surface area contributed by atoms with Gasteiger partial charge in [0.25, 0.3) is 0 Å². The number of likely N-dealkylation sites (tertiary alicyclic amines) is 1. The summed E-state index contributed by atoms with van der Waals surface area (Å²) in [5.41, 5.74) is 0. The molecule has 4 heteroatoms. The number of hydrogen-bond acceptors (Lipinski definition) is 4. The summed E-state index contributed by atoms with van der Waals surface area (Å²) in [6.45, 7) is 6.51. The Kier molecular flexibility index (Phi) is 3.61. The molecule has 0 amide bonds. The van der Waals surface area contributed by atoms with Gasteiger partial charge in [0.1, 0.15) is 5.76 Å². The SMILES string of the molecule is CCN1CCCC1c1ncc(C(C)NC)o1. The van der Waals surface area contributed by atoms with Crippen molar-refractivity contribution in [2.24, 2.45) is 0 Å². The normalized spacial score (nSPS) is 23.8. The van der Waals surface area contributed by atoms with Crippen LogP contribution in [0, 0.1) is 0 Å². The van der Waals surface area contributed by atoms with Crippen molar-refractivity contribution in [1.29, 1.82) is 0 Å². The molecular formula is C12H21N3O. The number of nitrogens with one attached hydrogen (secondary N) is 1. The first kappa shape index (κ1) is 11.6. The largest absolute Gasteiger partial charge is 0.442 e. The molecule has 0 aliphatic carbocycles. The fourth-order valence-corrected chi connectivity index (χ4v) is 2.28. The quantitative estimate of drug-likeness (QED) is 0.849. The molecule has 1 saturated heterocycles. The lowest BCUT2D eigenvalue weighted by Crippen LogP contribution is -2.22. The molecule has 2 unspecified atom stereocenters. The van der Waals surface area contributed by atoms with E-state index < -0.39 is 0 Å². The summed E-state index contributed by atoms with van der Waals surface area (Å²) in [5, 5.41) is 3.16. The Bertz CT molecular complexity index is 337. The number of aromatic nitrogens is 1. The molecule has 90 valence electrons. The average molecular weight is 223 g/mol. The molecule has 1 aromatic rings. The highest BCUT2D eigenvalue weighted by atomic mass is 16.4. The molecule has 1 aliphatic heterocycles. The molecule has 2 atom stereocenters. The molecule has 1 N–H and O–H groups in total. The third kappa shape index (κ3) is 2.13. The van der Waals surface area contributed by atoms with E-state index in [0.29, 0.717) is 6.04 Å². The van der Waals surface area contributed by atoms with Crippen LogP contribution in [0.2, 0.25) is 0 Å². The second-order valence-electron chi connectivity index (χ2n) is 4.40. The smallest absolute Gasteiger partial charge is 0.211 e. The number of oxazole rings is 1. The molecule has 0 bridgehead atoms. The second-order valence-corrected chi connectivity index (χ2v) is 4.40. The molecule has 16 heavy (non-hydrogen) atoms. The first-order valence-corrected chi connectivity index (χ1v) is 6.13. The van der Waals surface area contributed by atoms with E-state index in [9.17, 15) is 0 Å². The fraction of sp³-hybridized carbons (Fsp3) is 0.750. The highest BCUT2D eigenvalue weighted by molar-refractivity contribution is 5.03. The first-order valence-electron chi connectivity index (χ1n) is 6.13. The molecule has 4 nitrogen and oxygen atoms in total. The molecule has 1 fully saturated rings. The highest BCUT2D eigenvalue weighted by Gasteiger charge is 2.28. The van der Waals surface area contributed by atoms with Gasteiger partial charge in [0.2, 0.25) is 5.89 Å². The third-order valence-electron chi connectivity index (χ3n) is 3.46. The zero-order chi connectivity index (χ0) is 11.5. The number of hydrogen-bond donors (Lipinski definition) is 1. The Morgan fingerprint density at radius 2 is 2.50 bits per heavy atom. The van der Waals surface area contributed by atoms with Crippen molar-refractivity contribution in [2.75, 3.05) is 20.1 Å². The second kappa shape index (κ2) is 4.97. The maximum Gasteiger partial charge on any atom is 0.211 e. The molecule has 2 heterocycles. The third-order valence-corrected chi connectivity index (χ3v) is 3.46. The summed E-state index contributed by atoms with van der Waals surface area (Å²) in [5.74, 6) is 1.82. The lowest BCUT2D eigenvalue weighted by molar-refractivity contribution is 0.227. The van der Waals surface area contributed by atoms with Crippen molar-refractivity contribution in [3.8, 4) is 0 Å². The van der Waals surface area contributed by atoms with Crippen molar-refractivity contribution in [3.05, 3.63) is 17.8 Å². The van der Waals surface area contributed by atoms with Crippen LogP contribution in [0.5, 0.6) is 0 Å². The summed E-state index contributed by atoms with van der Waals surface area (Å²) in [4.78, 5) is 6.85. The van der Waals surface area contributed by atoms with Gasteiger partial charge in [-0.15, -0.1) is 0 Å². The Morgan fingerprint density at radius 1 is 1.69 bits per heavy atom. The molecule has 0 aromatic carbocycles. The van der Waals surface area contributed by atoms with Crippen molar-refractivity contribution < 1.29 is 4.42 Å². The fourth-order valence-electron chi connectivity index (χ4n) is 2.28. The van der Waals surface area contributed by atoms with Crippen LogP contribution < -0.4 is 5.32 Å². The molecule has 0 spiro atoms. The van der Waals surface area contributed by atoms with Gasteiger partial charge >= 0.3 is 0 Å². The van der Waals surface area contributed by atoms with Gasteiger partial charge in [-0.3, -0.25) is 4.90 Å². The van der Waals surface area contributed by atoms with E-state index in [0.717, 1.165) is 18.2 Å². The van der Waals surface area contributed by atoms with Crippen LogP contribution in [0.4, 0.5) is 0 Å². The molecule has 0 saturated carbocycles. The molecular weight excluding hydrogens is 202 g/mol. The van der Waals surface area contributed by atoms with Crippen molar-refractivity contribution in [3.63, 3.8) is 0 Å².